The Kier molecular flexibility index (Phi) is 5.99. The van der Waals surface area contributed by atoms with Crippen LogP contribution in [-0.4, -0.2) is 53.5 Å². The SMILES string of the molecule is COc1cc(C(=O)N2CCC[C@@H](c3nc4ccccc4[nH]3)C2)cc(Cl)c1OCC(N)=O. The molecule has 1 fully saturated rings. The van der Waals surface area contributed by atoms with E-state index >= 15 is 0 Å². The van der Waals surface area contributed by atoms with Gasteiger partial charge in [-0.15, -0.1) is 0 Å². The average molecular weight is 443 g/mol. The molecule has 2 amide bonds. The molecule has 0 radical (unpaired) electrons. The molecule has 4 rings (SSSR count). The van der Waals surface area contributed by atoms with E-state index in [1.165, 1.54) is 13.2 Å². The highest BCUT2D eigenvalue weighted by molar-refractivity contribution is 6.32. The smallest absolute Gasteiger partial charge is 0.255 e. The van der Waals surface area contributed by atoms with E-state index in [0.29, 0.717) is 18.7 Å². The van der Waals surface area contributed by atoms with Crippen molar-refractivity contribution in [3.8, 4) is 11.5 Å². The zero-order chi connectivity index (χ0) is 22.0. The number of hydrogen-bond donors (Lipinski definition) is 2. The number of rotatable bonds is 6. The molecule has 0 aliphatic carbocycles. The average Bonchev–Trinajstić information content (AvgIpc) is 3.21. The molecule has 3 N–H and O–H groups in total. The molecular formula is C22H23ClN4O4. The van der Waals surface area contributed by atoms with Gasteiger partial charge in [0.2, 0.25) is 0 Å². The second-order valence-corrected chi connectivity index (χ2v) is 7.88. The first-order valence-electron chi connectivity index (χ1n) is 9.99. The Balaban J connectivity index is 1.54. The largest absolute Gasteiger partial charge is 0.493 e. The van der Waals surface area contributed by atoms with Gasteiger partial charge in [-0.1, -0.05) is 23.7 Å². The molecule has 2 heterocycles. The first kappa shape index (κ1) is 21.0. The van der Waals surface area contributed by atoms with E-state index < -0.39 is 5.91 Å². The Labute approximate surface area is 184 Å². The van der Waals surface area contributed by atoms with Crippen molar-refractivity contribution in [2.75, 3.05) is 26.8 Å². The summed E-state index contributed by atoms with van der Waals surface area (Å²) < 4.78 is 10.6. The summed E-state index contributed by atoms with van der Waals surface area (Å²) in [6.07, 6.45) is 1.83. The lowest BCUT2D eigenvalue weighted by atomic mass is 9.96. The van der Waals surface area contributed by atoms with Gasteiger partial charge in [0.05, 0.1) is 23.2 Å². The number of hydrogen-bond acceptors (Lipinski definition) is 5. The minimum Gasteiger partial charge on any atom is -0.493 e. The van der Waals surface area contributed by atoms with Gasteiger partial charge in [-0.05, 0) is 37.1 Å². The van der Waals surface area contributed by atoms with Crippen LogP contribution in [0.25, 0.3) is 11.0 Å². The molecule has 31 heavy (non-hydrogen) atoms. The number of carbonyl (C=O) groups excluding carboxylic acids is 2. The minimum absolute atomic E-state index is 0.126. The maximum absolute atomic E-state index is 13.2. The summed E-state index contributed by atoms with van der Waals surface area (Å²) in [5.74, 6) is 0.678. The molecule has 0 bridgehead atoms. The van der Waals surface area contributed by atoms with E-state index in [4.69, 9.17) is 31.8 Å². The number of nitrogens with zero attached hydrogens (tertiary/aromatic N) is 2. The molecule has 1 aliphatic rings. The number of nitrogens with two attached hydrogens (primary N) is 1. The molecule has 3 aromatic rings. The van der Waals surface area contributed by atoms with Crippen LogP contribution in [-0.2, 0) is 4.79 Å². The van der Waals surface area contributed by atoms with Crippen LogP contribution >= 0.6 is 11.6 Å². The number of methoxy groups -OCH3 is 1. The highest BCUT2D eigenvalue weighted by atomic mass is 35.5. The molecule has 1 aromatic heterocycles. The van der Waals surface area contributed by atoms with Crippen molar-refractivity contribution in [2.45, 2.75) is 18.8 Å². The summed E-state index contributed by atoms with van der Waals surface area (Å²) in [4.78, 5) is 34.1. The van der Waals surface area contributed by atoms with Gasteiger partial charge in [-0.25, -0.2) is 4.98 Å². The number of H-pyrrole nitrogens is 1. The summed E-state index contributed by atoms with van der Waals surface area (Å²) in [5, 5.41) is 0.176. The highest BCUT2D eigenvalue weighted by Gasteiger charge is 2.28. The number of piperidine rings is 1. The van der Waals surface area contributed by atoms with Gasteiger partial charge < -0.3 is 25.1 Å². The number of carbonyl (C=O) groups is 2. The van der Waals surface area contributed by atoms with Crippen molar-refractivity contribution < 1.29 is 19.1 Å². The fraction of sp³-hybridized carbons (Fsp3) is 0.318. The zero-order valence-corrected chi connectivity index (χ0v) is 17.8. The Morgan fingerprint density at radius 3 is 2.87 bits per heavy atom. The predicted octanol–water partition coefficient (Wildman–Crippen LogP) is 3.11. The van der Waals surface area contributed by atoms with Crippen LogP contribution in [0.2, 0.25) is 5.02 Å². The Bertz CT molecular complexity index is 1100. The monoisotopic (exact) mass is 442 g/mol. The van der Waals surface area contributed by atoms with E-state index in [9.17, 15) is 9.59 Å². The summed E-state index contributed by atoms with van der Waals surface area (Å²) in [7, 11) is 1.44. The molecule has 0 saturated carbocycles. The molecule has 0 spiro atoms. The molecular weight excluding hydrogens is 420 g/mol. The van der Waals surface area contributed by atoms with Gasteiger partial charge in [0.1, 0.15) is 5.82 Å². The summed E-state index contributed by atoms with van der Waals surface area (Å²) in [6, 6.07) is 11.0. The fourth-order valence-corrected chi connectivity index (χ4v) is 4.13. The summed E-state index contributed by atoms with van der Waals surface area (Å²) >= 11 is 6.31. The number of likely N-dealkylation sites (tertiary alicyclic amines) is 1. The molecule has 9 heteroatoms. The van der Waals surface area contributed by atoms with Gasteiger partial charge in [-0.2, -0.15) is 0 Å². The number of imidazole rings is 1. The summed E-state index contributed by atoms with van der Waals surface area (Å²) in [5.41, 5.74) is 7.42. The van der Waals surface area contributed by atoms with Crippen LogP contribution < -0.4 is 15.2 Å². The van der Waals surface area contributed by atoms with E-state index in [0.717, 1.165) is 29.7 Å². The van der Waals surface area contributed by atoms with E-state index in [1.54, 1.807) is 11.0 Å². The Morgan fingerprint density at radius 2 is 2.13 bits per heavy atom. The molecule has 162 valence electrons. The van der Waals surface area contributed by atoms with Crippen molar-refractivity contribution in [2.24, 2.45) is 5.73 Å². The third-order valence-electron chi connectivity index (χ3n) is 5.34. The number of halogens is 1. The lowest BCUT2D eigenvalue weighted by Crippen LogP contribution is -2.39. The van der Waals surface area contributed by atoms with E-state index in [-0.39, 0.29) is 35.0 Å². The van der Waals surface area contributed by atoms with Crippen molar-refractivity contribution in [1.29, 1.82) is 0 Å². The van der Waals surface area contributed by atoms with Crippen molar-refractivity contribution in [3.05, 3.63) is 52.8 Å². The molecule has 1 saturated heterocycles. The number of para-hydroxylation sites is 2. The van der Waals surface area contributed by atoms with Crippen LogP contribution in [0.5, 0.6) is 11.5 Å². The van der Waals surface area contributed by atoms with E-state index in [1.807, 2.05) is 24.3 Å². The summed E-state index contributed by atoms with van der Waals surface area (Å²) in [6.45, 7) is 0.864. The van der Waals surface area contributed by atoms with Gasteiger partial charge in [0, 0.05) is 24.6 Å². The number of fused-ring (bicyclic) bond motifs is 1. The van der Waals surface area contributed by atoms with Crippen LogP contribution in [0, 0.1) is 0 Å². The third kappa shape index (κ3) is 4.44. The minimum atomic E-state index is -0.636. The number of primary amides is 1. The highest BCUT2D eigenvalue weighted by Crippen LogP contribution is 2.37. The van der Waals surface area contributed by atoms with Gasteiger partial charge >= 0.3 is 0 Å². The number of benzene rings is 2. The first-order chi connectivity index (χ1) is 15.0. The number of ether oxygens (including phenoxy) is 2. The van der Waals surface area contributed by atoms with Crippen molar-refractivity contribution >= 4 is 34.4 Å². The number of aromatic nitrogens is 2. The topological polar surface area (TPSA) is 111 Å². The van der Waals surface area contributed by atoms with Crippen LogP contribution in [0.3, 0.4) is 0 Å². The Morgan fingerprint density at radius 1 is 1.32 bits per heavy atom. The van der Waals surface area contributed by atoms with E-state index in [2.05, 4.69) is 4.98 Å². The van der Waals surface area contributed by atoms with Crippen LogP contribution in [0.4, 0.5) is 0 Å². The van der Waals surface area contributed by atoms with Crippen LogP contribution in [0.1, 0.15) is 34.9 Å². The second-order valence-electron chi connectivity index (χ2n) is 7.47. The normalized spacial score (nSPS) is 16.3. The standard InChI is InChI=1S/C22H23ClN4O4/c1-30-18-10-14(9-15(23)20(18)31-12-19(24)28)22(29)27-8-4-5-13(11-27)21-25-16-6-2-3-7-17(16)26-21/h2-3,6-7,9-10,13H,4-5,8,11-12H2,1H3,(H2,24,28)(H,25,26)/t13-/m1/s1. The number of amides is 2. The predicted molar refractivity (Wildman–Crippen MR) is 117 cm³/mol. The van der Waals surface area contributed by atoms with Crippen molar-refractivity contribution in [1.82, 2.24) is 14.9 Å². The first-order valence-corrected chi connectivity index (χ1v) is 10.4. The maximum Gasteiger partial charge on any atom is 0.255 e. The lowest BCUT2D eigenvalue weighted by Gasteiger charge is -2.32. The van der Waals surface area contributed by atoms with Gasteiger partial charge in [-0.3, -0.25) is 9.59 Å². The molecule has 1 atom stereocenters. The number of nitrogens with one attached hydrogen (secondary N) is 1. The Hall–Kier alpha value is -3.26. The quantitative estimate of drug-likeness (QED) is 0.609. The second kappa shape index (κ2) is 8.85. The van der Waals surface area contributed by atoms with Gasteiger partial charge in [0.25, 0.3) is 11.8 Å². The van der Waals surface area contributed by atoms with Crippen LogP contribution in [0.15, 0.2) is 36.4 Å². The third-order valence-corrected chi connectivity index (χ3v) is 5.62. The lowest BCUT2D eigenvalue weighted by molar-refractivity contribution is -0.119. The van der Waals surface area contributed by atoms with Gasteiger partial charge in [0.15, 0.2) is 18.1 Å². The molecule has 0 unspecified atom stereocenters. The fourth-order valence-electron chi connectivity index (χ4n) is 3.86. The number of aromatic amines is 1. The van der Waals surface area contributed by atoms with Crippen molar-refractivity contribution in [3.63, 3.8) is 0 Å². The molecule has 8 nitrogen and oxygen atoms in total. The molecule has 1 aliphatic heterocycles. The molecule has 2 aromatic carbocycles. The maximum atomic E-state index is 13.2. The zero-order valence-electron chi connectivity index (χ0n) is 17.1.